The average molecular weight is 527 g/mol. The molecule has 4 nitrogen and oxygen atoms in total. The molecule has 0 unspecified atom stereocenters. The van der Waals surface area contributed by atoms with Crippen molar-refractivity contribution in [3.05, 3.63) is 119 Å². The first-order valence-electron chi connectivity index (χ1n) is 12.9. The molecule has 0 saturated heterocycles. The van der Waals surface area contributed by atoms with E-state index in [4.69, 9.17) is 13.6 Å². The van der Waals surface area contributed by atoms with Gasteiger partial charge in [-0.1, -0.05) is 76.2 Å². The Balaban J connectivity index is 1.43. The van der Waals surface area contributed by atoms with Crippen molar-refractivity contribution in [2.24, 2.45) is 0 Å². The van der Waals surface area contributed by atoms with Gasteiger partial charge in [-0.05, 0) is 70.8 Å². The Kier molecular flexibility index (Phi) is 7.61. The summed E-state index contributed by atoms with van der Waals surface area (Å²) in [5.41, 5.74) is 4.40. The minimum absolute atomic E-state index is 0.149. The highest BCUT2D eigenvalue weighted by atomic mass is 28.4. The van der Waals surface area contributed by atoms with Gasteiger partial charge in [0.15, 0.2) is 0 Å². The minimum Gasteiger partial charge on any atom is -0.512 e. The van der Waals surface area contributed by atoms with Crippen molar-refractivity contribution >= 4 is 8.56 Å². The smallest absolute Gasteiger partial charge is 0.454 e. The third-order valence-electron chi connectivity index (χ3n) is 7.28. The van der Waals surface area contributed by atoms with Crippen LogP contribution in [0.5, 0.6) is 23.0 Å². The van der Waals surface area contributed by atoms with Crippen LogP contribution >= 0.6 is 0 Å². The van der Waals surface area contributed by atoms with Crippen molar-refractivity contribution in [2.75, 3.05) is 7.11 Å². The number of hydrogen-bond donors (Lipinski definition) is 1. The van der Waals surface area contributed by atoms with Gasteiger partial charge >= 0.3 is 8.56 Å². The zero-order valence-electron chi connectivity index (χ0n) is 23.4. The first kappa shape index (κ1) is 27.3. The maximum atomic E-state index is 9.63. The number of rotatable bonds is 9. The van der Waals surface area contributed by atoms with Gasteiger partial charge in [-0.2, -0.15) is 0 Å². The second-order valence-corrected chi connectivity index (χ2v) is 14.4. The van der Waals surface area contributed by atoms with E-state index in [-0.39, 0.29) is 16.6 Å². The molecule has 38 heavy (non-hydrogen) atoms. The summed E-state index contributed by atoms with van der Waals surface area (Å²) in [4.78, 5) is 0. The zero-order chi connectivity index (χ0) is 27.6. The van der Waals surface area contributed by atoms with Crippen LogP contribution in [0.2, 0.25) is 13.1 Å². The fourth-order valence-corrected chi connectivity index (χ4v) is 6.14. The van der Waals surface area contributed by atoms with E-state index in [0.29, 0.717) is 0 Å². The number of phenolic OH excluding ortho intramolecular Hbond substituents is 1. The third kappa shape index (κ3) is 6.05. The van der Waals surface area contributed by atoms with Gasteiger partial charge < -0.3 is 18.7 Å². The van der Waals surface area contributed by atoms with Crippen molar-refractivity contribution in [1.29, 1.82) is 0 Å². The summed E-state index contributed by atoms with van der Waals surface area (Å²) in [7, 11) is -0.815. The Labute approximate surface area is 228 Å². The average Bonchev–Trinajstić information content (AvgIpc) is 2.89. The van der Waals surface area contributed by atoms with E-state index in [1.807, 2.05) is 48.5 Å². The fraction of sp³-hybridized carbons (Fsp3) is 0.273. The predicted octanol–water partition coefficient (Wildman–Crippen LogP) is 8.21. The van der Waals surface area contributed by atoms with Crippen molar-refractivity contribution < 1.29 is 18.7 Å². The second-order valence-electron chi connectivity index (χ2n) is 11.2. The van der Waals surface area contributed by atoms with E-state index < -0.39 is 8.56 Å². The van der Waals surface area contributed by atoms with Gasteiger partial charge in [-0.3, -0.25) is 0 Å². The van der Waals surface area contributed by atoms with E-state index in [9.17, 15) is 5.11 Å². The topological polar surface area (TPSA) is 47.9 Å². The molecule has 0 aromatic heterocycles. The highest BCUT2D eigenvalue weighted by molar-refractivity contribution is 6.66. The van der Waals surface area contributed by atoms with Gasteiger partial charge in [-0.25, -0.2) is 0 Å². The van der Waals surface area contributed by atoms with E-state index in [1.165, 1.54) is 16.7 Å². The molecule has 0 heterocycles. The van der Waals surface area contributed by atoms with Crippen molar-refractivity contribution in [3.63, 3.8) is 0 Å². The van der Waals surface area contributed by atoms with Crippen LogP contribution in [0.25, 0.3) is 0 Å². The molecule has 0 aliphatic heterocycles. The lowest BCUT2D eigenvalue weighted by atomic mass is 9.78. The lowest BCUT2D eigenvalue weighted by molar-refractivity contribution is 0.399. The van der Waals surface area contributed by atoms with Crippen molar-refractivity contribution in [1.82, 2.24) is 0 Å². The first-order chi connectivity index (χ1) is 17.9. The minimum atomic E-state index is -2.50. The molecular formula is C33H38O4Si. The highest BCUT2D eigenvalue weighted by Gasteiger charge is 2.30. The number of ether oxygens (including phenoxy) is 1. The standard InChI is InChI=1S/C33H38O4Si/c1-32(2,24-8-16-28(34)17-9-24)26-12-20-30(21-13-26)36-38(6,7)37-31-22-14-27(15-23-31)33(3,4)25-10-18-29(35-5)19-11-25/h8-23,34H,1-7H3. The summed E-state index contributed by atoms with van der Waals surface area (Å²) in [6.07, 6.45) is 0. The number of phenols is 1. The highest BCUT2D eigenvalue weighted by Crippen LogP contribution is 2.35. The summed E-state index contributed by atoms with van der Waals surface area (Å²) in [5.74, 6) is 2.73. The van der Waals surface area contributed by atoms with Crippen LogP contribution in [0.4, 0.5) is 0 Å². The molecule has 0 aliphatic rings. The molecule has 1 N–H and O–H groups in total. The van der Waals surface area contributed by atoms with E-state index in [2.05, 4.69) is 77.2 Å². The van der Waals surface area contributed by atoms with E-state index in [1.54, 1.807) is 19.2 Å². The summed E-state index contributed by atoms with van der Waals surface area (Å²) in [5, 5.41) is 9.63. The van der Waals surface area contributed by atoms with E-state index >= 15 is 0 Å². The maximum Gasteiger partial charge on any atom is 0.454 e. The Morgan fingerprint density at radius 3 is 1.11 bits per heavy atom. The second kappa shape index (κ2) is 10.6. The molecule has 0 bridgehead atoms. The molecule has 0 aliphatic carbocycles. The third-order valence-corrected chi connectivity index (χ3v) is 8.73. The molecule has 4 aromatic rings. The summed E-state index contributed by atoms with van der Waals surface area (Å²) in [6, 6.07) is 32.2. The molecule has 0 saturated carbocycles. The normalized spacial score (nSPS) is 12.2. The van der Waals surface area contributed by atoms with Gasteiger partial charge in [0.1, 0.15) is 23.0 Å². The monoisotopic (exact) mass is 526 g/mol. The van der Waals surface area contributed by atoms with Crippen LogP contribution in [0.1, 0.15) is 49.9 Å². The maximum absolute atomic E-state index is 9.63. The SMILES string of the molecule is COc1ccc(C(C)(C)c2ccc(O[Si](C)(C)Oc3ccc(C(C)(C)c4ccc(O)cc4)cc3)cc2)cc1. The first-order valence-corrected chi connectivity index (χ1v) is 15.8. The Hall–Kier alpha value is -3.70. The van der Waals surface area contributed by atoms with Gasteiger partial charge in [0.25, 0.3) is 0 Å². The molecule has 0 spiro atoms. The van der Waals surface area contributed by atoms with Gasteiger partial charge in [0.2, 0.25) is 0 Å². The lowest BCUT2D eigenvalue weighted by Gasteiger charge is -2.28. The molecular weight excluding hydrogens is 488 g/mol. The lowest BCUT2D eigenvalue weighted by Crippen LogP contribution is -2.41. The Bertz CT molecular complexity index is 1340. The van der Waals surface area contributed by atoms with Crippen molar-refractivity contribution in [2.45, 2.75) is 51.6 Å². The van der Waals surface area contributed by atoms with Crippen molar-refractivity contribution in [3.8, 4) is 23.0 Å². The summed E-state index contributed by atoms with van der Waals surface area (Å²) in [6.45, 7) is 12.9. The molecule has 0 atom stereocenters. The fourth-order valence-electron chi connectivity index (χ4n) is 4.69. The van der Waals surface area contributed by atoms with Crippen LogP contribution in [0.15, 0.2) is 97.1 Å². The predicted molar refractivity (Wildman–Crippen MR) is 157 cm³/mol. The number of benzene rings is 4. The van der Waals surface area contributed by atoms with Gasteiger partial charge in [0, 0.05) is 23.9 Å². The quantitative estimate of drug-likeness (QED) is 0.223. The van der Waals surface area contributed by atoms with Crippen LogP contribution in [0, 0.1) is 0 Å². The summed E-state index contributed by atoms with van der Waals surface area (Å²) >= 11 is 0. The van der Waals surface area contributed by atoms with Crippen LogP contribution in [0.3, 0.4) is 0 Å². The molecule has 4 aromatic carbocycles. The summed E-state index contributed by atoms with van der Waals surface area (Å²) < 4.78 is 18.0. The molecule has 5 heteroatoms. The number of hydrogen-bond acceptors (Lipinski definition) is 4. The number of methoxy groups -OCH3 is 1. The molecule has 198 valence electrons. The largest absolute Gasteiger partial charge is 0.512 e. The Morgan fingerprint density at radius 2 is 0.789 bits per heavy atom. The van der Waals surface area contributed by atoms with Crippen LogP contribution < -0.4 is 13.6 Å². The van der Waals surface area contributed by atoms with Gasteiger partial charge in [-0.15, -0.1) is 0 Å². The number of aromatic hydroxyl groups is 1. The molecule has 4 rings (SSSR count). The Morgan fingerprint density at radius 1 is 0.500 bits per heavy atom. The molecule has 0 radical (unpaired) electrons. The zero-order valence-corrected chi connectivity index (χ0v) is 24.4. The van der Waals surface area contributed by atoms with Gasteiger partial charge in [0.05, 0.1) is 7.11 Å². The van der Waals surface area contributed by atoms with Crippen LogP contribution in [-0.2, 0) is 10.8 Å². The molecule has 0 fully saturated rings. The van der Waals surface area contributed by atoms with E-state index in [0.717, 1.165) is 22.8 Å². The van der Waals surface area contributed by atoms with Crippen LogP contribution in [-0.4, -0.2) is 20.8 Å². The molecule has 0 amide bonds.